The number of carbonyl (C=O) groups is 1. The van der Waals surface area contributed by atoms with Gasteiger partial charge in [0.05, 0.1) is 11.6 Å². The molecule has 1 aromatic rings. The first-order valence-electron chi connectivity index (χ1n) is 9.82. The average Bonchev–Trinajstić information content (AvgIpc) is 2.61. The molecule has 2 aliphatic rings. The molecular formula is C21H31FN2O3. The van der Waals surface area contributed by atoms with Crippen LogP contribution in [0.25, 0.3) is 0 Å². The summed E-state index contributed by atoms with van der Waals surface area (Å²) in [6, 6.07) is 6.47. The molecule has 1 aliphatic carbocycles. The van der Waals surface area contributed by atoms with Crippen LogP contribution in [0.5, 0.6) is 0 Å². The second-order valence-electron chi connectivity index (χ2n) is 9.12. The van der Waals surface area contributed by atoms with Gasteiger partial charge >= 0.3 is 6.09 Å². The summed E-state index contributed by atoms with van der Waals surface area (Å²) in [5, 5.41) is 20.5. The highest BCUT2D eigenvalue weighted by atomic mass is 19.1. The van der Waals surface area contributed by atoms with Crippen molar-refractivity contribution in [3.8, 4) is 0 Å². The third-order valence-corrected chi connectivity index (χ3v) is 6.34. The van der Waals surface area contributed by atoms with Crippen molar-refractivity contribution < 1.29 is 19.4 Å². The van der Waals surface area contributed by atoms with Crippen LogP contribution >= 0.6 is 0 Å². The summed E-state index contributed by atoms with van der Waals surface area (Å²) in [7, 11) is 0. The van der Waals surface area contributed by atoms with Crippen molar-refractivity contribution in [2.45, 2.75) is 64.1 Å². The van der Waals surface area contributed by atoms with Crippen LogP contribution < -0.4 is 0 Å². The molecule has 1 saturated carbocycles. The molecule has 6 heteroatoms. The van der Waals surface area contributed by atoms with Crippen LogP contribution in [0.4, 0.5) is 9.18 Å². The van der Waals surface area contributed by atoms with Crippen LogP contribution in [-0.4, -0.2) is 57.8 Å². The fourth-order valence-electron chi connectivity index (χ4n) is 4.60. The van der Waals surface area contributed by atoms with Gasteiger partial charge in [-0.05, 0) is 48.8 Å². The molecule has 150 valence electrons. The molecule has 0 bridgehead atoms. The van der Waals surface area contributed by atoms with E-state index in [1.165, 1.54) is 12.1 Å². The topological polar surface area (TPSA) is 64.0 Å². The normalized spacial score (nSPS) is 30.3. The van der Waals surface area contributed by atoms with E-state index in [1.807, 2.05) is 0 Å². The van der Waals surface area contributed by atoms with Crippen molar-refractivity contribution in [3.63, 3.8) is 0 Å². The number of amides is 1. The molecule has 0 aromatic heterocycles. The number of halogens is 1. The molecule has 2 N–H and O–H groups in total. The lowest BCUT2D eigenvalue weighted by molar-refractivity contribution is -0.0456. The molecule has 0 radical (unpaired) electrons. The first kappa shape index (κ1) is 20.1. The lowest BCUT2D eigenvalue weighted by Gasteiger charge is -2.50. The minimum Gasteiger partial charge on any atom is -0.465 e. The van der Waals surface area contributed by atoms with Crippen molar-refractivity contribution in [3.05, 3.63) is 35.6 Å². The molecule has 1 heterocycles. The molecule has 5 nitrogen and oxygen atoms in total. The van der Waals surface area contributed by atoms with E-state index in [0.717, 1.165) is 31.5 Å². The molecule has 0 spiro atoms. The van der Waals surface area contributed by atoms with Crippen molar-refractivity contribution in [1.82, 2.24) is 9.80 Å². The SMILES string of the molecule is CC(C)(C)C1CN(C2CCC(O)(c3ccc(F)cc3)CC2)CCN1C(=O)O. The Kier molecular flexibility index (Phi) is 5.50. The van der Waals surface area contributed by atoms with Crippen LogP contribution in [0.1, 0.15) is 52.0 Å². The van der Waals surface area contributed by atoms with E-state index in [-0.39, 0.29) is 17.3 Å². The van der Waals surface area contributed by atoms with E-state index >= 15 is 0 Å². The number of piperazine rings is 1. The average molecular weight is 378 g/mol. The summed E-state index contributed by atoms with van der Waals surface area (Å²) < 4.78 is 13.2. The highest BCUT2D eigenvalue weighted by Crippen LogP contribution is 2.39. The fourth-order valence-corrected chi connectivity index (χ4v) is 4.60. The van der Waals surface area contributed by atoms with E-state index in [2.05, 4.69) is 25.7 Å². The Labute approximate surface area is 160 Å². The number of carboxylic acid groups (broad SMARTS) is 1. The maximum absolute atomic E-state index is 13.2. The molecule has 1 unspecified atom stereocenters. The Morgan fingerprint density at radius 2 is 1.74 bits per heavy atom. The molecule has 1 aromatic carbocycles. The number of aliphatic hydroxyl groups is 1. The van der Waals surface area contributed by atoms with Crippen molar-refractivity contribution in [2.75, 3.05) is 19.6 Å². The third-order valence-electron chi connectivity index (χ3n) is 6.34. The molecule has 1 amide bonds. The van der Waals surface area contributed by atoms with E-state index in [9.17, 15) is 19.4 Å². The molecule has 1 atom stereocenters. The number of benzene rings is 1. The van der Waals surface area contributed by atoms with Gasteiger partial charge in [-0.15, -0.1) is 0 Å². The standard InChI is InChI=1S/C21H31FN2O3/c1-20(2,3)18-14-23(12-13-24(18)19(25)26)17-8-10-21(27,11-9-17)15-4-6-16(22)7-5-15/h4-7,17-18,27H,8-14H2,1-3H3,(H,25,26). The second kappa shape index (κ2) is 7.40. The second-order valence-corrected chi connectivity index (χ2v) is 9.12. The Bertz CT molecular complexity index is 663. The molecule has 2 fully saturated rings. The molecule has 3 rings (SSSR count). The van der Waals surface area contributed by atoms with Gasteiger partial charge in [0.1, 0.15) is 5.82 Å². The lowest BCUT2D eigenvalue weighted by atomic mass is 9.76. The zero-order valence-electron chi connectivity index (χ0n) is 16.5. The number of hydrogen-bond donors (Lipinski definition) is 2. The van der Waals surface area contributed by atoms with Gasteiger partial charge in [0.25, 0.3) is 0 Å². The summed E-state index contributed by atoms with van der Waals surface area (Å²) in [6.07, 6.45) is 2.16. The van der Waals surface area contributed by atoms with Gasteiger partial charge in [-0.3, -0.25) is 4.90 Å². The molecule has 1 saturated heterocycles. The summed E-state index contributed by atoms with van der Waals surface area (Å²) in [4.78, 5) is 15.6. The highest BCUT2D eigenvalue weighted by Gasteiger charge is 2.42. The maximum Gasteiger partial charge on any atom is 0.407 e. The fraction of sp³-hybridized carbons (Fsp3) is 0.667. The number of hydrogen-bond acceptors (Lipinski definition) is 3. The Balaban J connectivity index is 1.65. The summed E-state index contributed by atoms with van der Waals surface area (Å²) in [5.74, 6) is -0.291. The van der Waals surface area contributed by atoms with Gasteiger partial charge < -0.3 is 15.1 Å². The van der Waals surface area contributed by atoms with Crippen LogP contribution in [-0.2, 0) is 5.60 Å². The zero-order chi connectivity index (χ0) is 19.8. The third kappa shape index (κ3) is 4.27. The van der Waals surface area contributed by atoms with Gasteiger partial charge in [-0.25, -0.2) is 9.18 Å². The molecular weight excluding hydrogens is 347 g/mol. The summed E-state index contributed by atoms with van der Waals surface area (Å²) in [6.45, 7) is 8.26. The summed E-state index contributed by atoms with van der Waals surface area (Å²) >= 11 is 0. The minimum atomic E-state index is -0.892. The lowest BCUT2D eigenvalue weighted by Crippen LogP contribution is -2.61. The smallest absolute Gasteiger partial charge is 0.407 e. The van der Waals surface area contributed by atoms with E-state index in [4.69, 9.17) is 0 Å². The van der Waals surface area contributed by atoms with E-state index in [1.54, 1.807) is 17.0 Å². The van der Waals surface area contributed by atoms with Crippen LogP contribution in [0.15, 0.2) is 24.3 Å². The quantitative estimate of drug-likeness (QED) is 0.824. The van der Waals surface area contributed by atoms with Crippen molar-refractivity contribution in [2.24, 2.45) is 5.41 Å². The van der Waals surface area contributed by atoms with E-state index < -0.39 is 11.7 Å². The number of nitrogens with zero attached hydrogens (tertiary/aromatic N) is 2. The largest absolute Gasteiger partial charge is 0.465 e. The maximum atomic E-state index is 13.2. The first-order chi connectivity index (χ1) is 12.6. The van der Waals surface area contributed by atoms with Crippen molar-refractivity contribution >= 4 is 6.09 Å². The molecule has 1 aliphatic heterocycles. The molecule has 27 heavy (non-hydrogen) atoms. The van der Waals surface area contributed by atoms with Crippen LogP contribution in [0.3, 0.4) is 0 Å². The van der Waals surface area contributed by atoms with Gasteiger partial charge in [0.2, 0.25) is 0 Å². The Morgan fingerprint density at radius 1 is 1.15 bits per heavy atom. The predicted octanol–water partition coefficient (Wildman–Crippen LogP) is 3.67. The minimum absolute atomic E-state index is 0.0401. The number of rotatable bonds is 2. The van der Waals surface area contributed by atoms with Gasteiger partial charge in [-0.2, -0.15) is 0 Å². The van der Waals surface area contributed by atoms with Gasteiger partial charge in [0, 0.05) is 25.7 Å². The Hall–Kier alpha value is -1.66. The van der Waals surface area contributed by atoms with Crippen LogP contribution in [0.2, 0.25) is 0 Å². The Morgan fingerprint density at radius 3 is 2.26 bits per heavy atom. The highest BCUT2D eigenvalue weighted by molar-refractivity contribution is 5.65. The summed E-state index contributed by atoms with van der Waals surface area (Å²) in [5.41, 5.74) is -0.234. The first-order valence-corrected chi connectivity index (χ1v) is 9.82. The van der Waals surface area contributed by atoms with Crippen LogP contribution in [0, 0.1) is 11.2 Å². The van der Waals surface area contributed by atoms with Gasteiger partial charge in [0.15, 0.2) is 0 Å². The monoisotopic (exact) mass is 378 g/mol. The van der Waals surface area contributed by atoms with E-state index in [0.29, 0.717) is 25.4 Å². The zero-order valence-corrected chi connectivity index (χ0v) is 16.5. The predicted molar refractivity (Wildman–Crippen MR) is 102 cm³/mol. The van der Waals surface area contributed by atoms with Gasteiger partial charge in [-0.1, -0.05) is 32.9 Å². The van der Waals surface area contributed by atoms with Crippen molar-refractivity contribution in [1.29, 1.82) is 0 Å².